The van der Waals surface area contributed by atoms with Crippen LogP contribution in [0.3, 0.4) is 0 Å². The topological polar surface area (TPSA) is 89.6 Å². The molecule has 6 nitrogen and oxygen atoms in total. The van der Waals surface area contributed by atoms with Gasteiger partial charge in [-0.25, -0.2) is 4.79 Å². The van der Waals surface area contributed by atoms with Gasteiger partial charge in [0.25, 0.3) is 0 Å². The lowest BCUT2D eigenvalue weighted by Crippen LogP contribution is -2.04. The fourth-order valence-corrected chi connectivity index (χ4v) is 2.56. The molecule has 0 radical (unpaired) electrons. The summed E-state index contributed by atoms with van der Waals surface area (Å²) in [6, 6.07) is 11.3. The van der Waals surface area contributed by atoms with Crippen molar-refractivity contribution in [3.63, 3.8) is 0 Å². The Morgan fingerprint density at radius 2 is 1.88 bits per heavy atom. The van der Waals surface area contributed by atoms with E-state index in [9.17, 15) is 14.7 Å². The molecular weight excluding hydrogens is 334 g/mol. The van der Waals surface area contributed by atoms with Crippen LogP contribution < -0.4 is 0 Å². The molecule has 0 saturated heterocycles. The van der Waals surface area contributed by atoms with Gasteiger partial charge in [-0.05, 0) is 41.3 Å². The Bertz CT molecular complexity index is 1070. The number of aromatic carboxylic acids is 1. The van der Waals surface area contributed by atoms with E-state index >= 15 is 0 Å². The molecule has 3 rings (SSSR count). The van der Waals surface area contributed by atoms with Gasteiger partial charge >= 0.3 is 11.9 Å². The maximum absolute atomic E-state index is 11.4. The highest BCUT2D eigenvalue weighted by atomic mass is 16.5. The second-order valence-corrected chi connectivity index (χ2v) is 5.68. The number of aromatic nitrogens is 1. The number of aryl methyl sites for hydroxylation is 1. The van der Waals surface area contributed by atoms with E-state index in [-0.39, 0.29) is 23.7 Å². The number of carbonyl (C=O) groups excluding carboxylic acids is 1. The maximum atomic E-state index is 11.4. The van der Waals surface area contributed by atoms with Crippen LogP contribution in [0.5, 0.6) is 0 Å². The molecule has 0 aliphatic rings. The SMILES string of the molecule is COC(=O)Cc1ccc2cc(C#Cc3onc(C)c3C(=O)O)ccc2c1. The van der Waals surface area contributed by atoms with E-state index in [1.165, 1.54) is 7.11 Å². The minimum Gasteiger partial charge on any atom is -0.477 e. The Balaban J connectivity index is 1.90. The molecule has 0 spiro atoms. The molecule has 0 fully saturated rings. The van der Waals surface area contributed by atoms with E-state index in [1.54, 1.807) is 6.92 Å². The molecular formula is C20H15NO5. The maximum Gasteiger partial charge on any atom is 0.342 e. The number of ether oxygens (including phenoxy) is 1. The molecule has 0 amide bonds. The minimum atomic E-state index is -1.12. The molecule has 6 heteroatoms. The van der Waals surface area contributed by atoms with Gasteiger partial charge in [-0.2, -0.15) is 0 Å². The Morgan fingerprint density at radius 1 is 1.15 bits per heavy atom. The number of carbonyl (C=O) groups is 2. The molecule has 1 heterocycles. The molecule has 0 aliphatic carbocycles. The molecule has 1 N–H and O–H groups in total. The van der Waals surface area contributed by atoms with Crippen molar-refractivity contribution < 1.29 is 24.0 Å². The molecule has 1 aromatic heterocycles. The smallest absolute Gasteiger partial charge is 0.342 e. The van der Waals surface area contributed by atoms with Crippen molar-refractivity contribution in [3.8, 4) is 11.8 Å². The van der Waals surface area contributed by atoms with Gasteiger partial charge in [0.1, 0.15) is 5.56 Å². The van der Waals surface area contributed by atoms with Gasteiger partial charge in [-0.1, -0.05) is 35.3 Å². The van der Waals surface area contributed by atoms with Crippen molar-refractivity contribution in [1.29, 1.82) is 0 Å². The summed E-state index contributed by atoms with van der Waals surface area (Å²) in [7, 11) is 1.36. The number of rotatable bonds is 3. The van der Waals surface area contributed by atoms with Crippen LogP contribution in [0.4, 0.5) is 0 Å². The zero-order chi connectivity index (χ0) is 18.7. The third-order valence-corrected chi connectivity index (χ3v) is 3.88. The van der Waals surface area contributed by atoms with Crippen molar-refractivity contribution in [2.24, 2.45) is 0 Å². The second kappa shape index (κ2) is 7.11. The van der Waals surface area contributed by atoms with Gasteiger partial charge in [0.2, 0.25) is 5.76 Å². The van der Waals surface area contributed by atoms with E-state index in [4.69, 9.17) is 4.52 Å². The fraction of sp³-hybridized carbons (Fsp3) is 0.150. The summed E-state index contributed by atoms with van der Waals surface area (Å²) < 4.78 is 9.66. The second-order valence-electron chi connectivity index (χ2n) is 5.68. The van der Waals surface area contributed by atoms with Crippen molar-refractivity contribution in [1.82, 2.24) is 5.16 Å². The molecule has 0 aliphatic heterocycles. The summed E-state index contributed by atoms with van der Waals surface area (Å²) in [5.41, 5.74) is 1.85. The quantitative estimate of drug-likeness (QED) is 0.578. The van der Waals surface area contributed by atoms with Crippen molar-refractivity contribution in [2.75, 3.05) is 7.11 Å². The van der Waals surface area contributed by atoms with Crippen LogP contribution >= 0.6 is 0 Å². The highest BCUT2D eigenvalue weighted by molar-refractivity contribution is 5.91. The van der Waals surface area contributed by atoms with Crippen LogP contribution in [-0.4, -0.2) is 29.3 Å². The Labute approximate surface area is 149 Å². The van der Waals surface area contributed by atoms with Crippen molar-refractivity contribution in [3.05, 3.63) is 64.5 Å². The summed E-state index contributed by atoms with van der Waals surface area (Å²) in [4.78, 5) is 22.6. The first-order valence-corrected chi connectivity index (χ1v) is 7.79. The summed E-state index contributed by atoms with van der Waals surface area (Å²) in [6.45, 7) is 1.56. The number of hydrogen-bond acceptors (Lipinski definition) is 5. The number of nitrogens with zero attached hydrogens (tertiary/aromatic N) is 1. The lowest BCUT2D eigenvalue weighted by molar-refractivity contribution is -0.139. The van der Waals surface area contributed by atoms with Crippen molar-refractivity contribution >= 4 is 22.7 Å². The number of esters is 1. The molecule has 0 atom stereocenters. The van der Waals surface area contributed by atoms with Gasteiger partial charge in [0, 0.05) is 5.56 Å². The monoisotopic (exact) mass is 349 g/mol. The van der Waals surface area contributed by atoms with Crippen LogP contribution in [0.15, 0.2) is 40.9 Å². The molecule has 0 saturated carbocycles. The normalized spacial score (nSPS) is 10.2. The number of carboxylic acids is 1. The molecule has 0 unspecified atom stereocenters. The third-order valence-electron chi connectivity index (χ3n) is 3.88. The molecule has 26 heavy (non-hydrogen) atoms. The van der Waals surface area contributed by atoms with E-state index < -0.39 is 5.97 Å². The first-order chi connectivity index (χ1) is 12.5. The van der Waals surface area contributed by atoms with E-state index in [2.05, 4.69) is 21.7 Å². The van der Waals surface area contributed by atoms with Gasteiger partial charge in [-0.3, -0.25) is 4.79 Å². The largest absolute Gasteiger partial charge is 0.477 e. The number of hydrogen-bond donors (Lipinski definition) is 1. The summed E-state index contributed by atoms with van der Waals surface area (Å²) in [5.74, 6) is 4.24. The number of methoxy groups -OCH3 is 1. The third kappa shape index (κ3) is 3.57. The van der Waals surface area contributed by atoms with Gasteiger partial charge in [0.15, 0.2) is 0 Å². The summed E-state index contributed by atoms with van der Waals surface area (Å²) >= 11 is 0. The Hall–Kier alpha value is -3.59. The predicted molar refractivity (Wildman–Crippen MR) is 93.8 cm³/mol. The Morgan fingerprint density at radius 3 is 2.62 bits per heavy atom. The first-order valence-electron chi connectivity index (χ1n) is 7.79. The van der Waals surface area contributed by atoms with E-state index in [0.29, 0.717) is 11.3 Å². The van der Waals surface area contributed by atoms with E-state index in [1.807, 2.05) is 36.4 Å². The lowest BCUT2D eigenvalue weighted by Gasteiger charge is -2.03. The summed E-state index contributed by atoms with van der Waals surface area (Å²) in [6.07, 6.45) is 0.219. The summed E-state index contributed by atoms with van der Waals surface area (Å²) in [5, 5.41) is 14.8. The van der Waals surface area contributed by atoms with Crippen LogP contribution in [0, 0.1) is 18.8 Å². The van der Waals surface area contributed by atoms with Gasteiger partial charge in [-0.15, -0.1) is 0 Å². The molecule has 0 bridgehead atoms. The van der Waals surface area contributed by atoms with Crippen LogP contribution in [-0.2, 0) is 16.0 Å². The molecule has 130 valence electrons. The standard InChI is InChI=1S/C20H15NO5/c1-12-19(20(23)24)17(26-21-12)8-5-13-3-6-16-10-14(11-18(22)25-2)4-7-15(16)9-13/h3-4,6-7,9-10H,11H2,1-2H3,(H,23,24). The zero-order valence-corrected chi connectivity index (χ0v) is 14.2. The number of carboxylic acid groups (broad SMARTS) is 1. The minimum absolute atomic E-state index is 0.0225. The van der Waals surface area contributed by atoms with Crippen LogP contribution in [0.1, 0.15) is 32.9 Å². The fourth-order valence-electron chi connectivity index (χ4n) is 2.56. The average molecular weight is 349 g/mol. The van der Waals surface area contributed by atoms with Gasteiger partial charge < -0.3 is 14.4 Å². The molecule has 3 aromatic rings. The highest BCUT2D eigenvalue weighted by Crippen LogP contribution is 2.19. The number of benzene rings is 2. The molecule has 2 aromatic carbocycles. The average Bonchev–Trinajstić information content (AvgIpc) is 3.00. The lowest BCUT2D eigenvalue weighted by atomic mass is 10.0. The first kappa shape index (κ1) is 17.2. The highest BCUT2D eigenvalue weighted by Gasteiger charge is 2.17. The van der Waals surface area contributed by atoms with Crippen LogP contribution in [0.2, 0.25) is 0 Å². The van der Waals surface area contributed by atoms with E-state index in [0.717, 1.165) is 16.3 Å². The predicted octanol–water partition coefficient (Wildman–Crippen LogP) is 2.95. The van der Waals surface area contributed by atoms with Crippen molar-refractivity contribution in [2.45, 2.75) is 13.3 Å². The zero-order valence-electron chi connectivity index (χ0n) is 14.2. The Kier molecular flexibility index (Phi) is 4.72. The van der Waals surface area contributed by atoms with Gasteiger partial charge in [0.05, 0.1) is 19.2 Å². The number of fused-ring (bicyclic) bond motifs is 1. The van der Waals surface area contributed by atoms with Crippen LogP contribution in [0.25, 0.3) is 10.8 Å².